The Kier molecular flexibility index (Phi) is 2.50. The maximum Gasteiger partial charge on any atom is 0.120 e. The molecule has 1 N–H and O–H groups in total. The third kappa shape index (κ3) is 1.63. The van der Waals surface area contributed by atoms with Crippen molar-refractivity contribution in [1.29, 1.82) is 0 Å². The second-order valence-electron chi connectivity index (χ2n) is 3.45. The Hall–Kier alpha value is -1.70. The van der Waals surface area contributed by atoms with Gasteiger partial charge >= 0.3 is 0 Å². The normalized spacial score (nSPS) is 12.3. The number of rotatable bonds is 2. The number of hydrogen-bond donors (Lipinski definition) is 1. The average molecular weight is 201 g/mol. The van der Waals surface area contributed by atoms with Gasteiger partial charge in [-0.25, -0.2) is 0 Å². The van der Waals surface area contributed by atoms with E-state index in [1.54, 1.807) is 0 Å². The SMILES string of the molecule is C=c1[nH]c2ccc(OCC)cc2c1=CC. The van der Waals surface area contributed by atoms with Gasteiger partial charge in [-0.05, 0) is 32.0 Å². The van der Waals surface area contributed by atoms with Gasteiger partial charge in [0.25, 0.3) is 0 Å². The van der Waals surface area contributed by atoms with E-state index in [1.165, 1.54) is 5.39 Å². The van der Waals surface area contributed by atoms with Crippen molar-refractivity contribution in [3.05, 3.63) is 28.8 Å². The highest BCUT2D eigenvalue weighted by molar-refractivity contribution is 5.82. The van der Waals surface area contributed by atoms with Crippen molar-refractivity contribution in [3.8, 4) is 5.75 Å². The van der Waals surface area contributed by atoms with Crippen LogP contribution in [0.4, 0.5) is 0 Å². The molecule has 0 radical (unpaired) electrons. The first-order valence-corrected chi connectivity index (χ1v) is 5.16. The maximum absolute atomic E-state index is 5.47. The zero-order valence-electron chi connectivity index (χ0n) is 9.13. The molecule has 2 rings (SSSR count). The number of ether oxygens (including phenoxy) is 1. The van der Waals surface area contributed by atoms with E-state index in [9.17, 15) is 0 Å². The highest BCUT2D eigenvalue weighted by Crippen LogP contribution is 2.15. The number of nitrogens with one attached hydrogen (secondary N) is 1. The van der Waals surface area contributed by atoms with E-state index in [-0.39, 0.29) is 0 Å². The summed E-state index contributed by atoms with van der Waals surface area (Å²) in [6.45, 7) is 8.67. The molecule has 15 heavy (non-hydrogen) atoms. The molecule has 0 aliphatic rings. The second-order valence-corrected chi connectivity index (χ2v) is 3.45. The van der Waals surface area contributed by atoms with Crippen LogP contribution < -0.4 is 15.3 Å². The molecule has 0 fully saturated rings. The number of fused-ring (bicyclic) bond motifs is 1. The lowest BCUT2D eigenvalue weighted by atomic mass is 10.2. The fourth-order valence-corrected chi connectivity index (χ4v) is 1.83. The van der Waals surface area contributed by atoms with Crippen LogP contribution >= 0.6 is 0 Å². The molecule has 0 aliphatic carbocycles. The summed E-state index contributed by atoms with van der Waals surface area (Å²) in [5, 5.41) is 3.29. The fourth-order valence-electron chi connectivity index (χ4n) is 1.83. The second kappa shape index (κ2) is 3.81. The molecule has 0 saturated carbocycles. The standard InChI is InChI=1S/C13H15NO/c1-4-11-9(3)14-13-7-6-10(15-5-2)8-12(11)13/h4,6-8,14H,3,5H2,1-2H3. The van der Waals surface area contributed by atoms with Crippen LogP contribution in [0.1, 0.15) is 13.8 Å². The molecule has 0 atom stereocenters. The Morgan fingerprint density at radius 3 is 2.93 bits per heavy atom. The molecular formula is C13H15NO. The summed E-state index contributed by atoms with van der Waals surface area (Å²) in [4.78, 5) is 3.25. The minimum absolute atomic E-state index is 0.693. The number of hydrogen-bond acceptors (Lipinski definition) is 1. The highest BCUT2D eigenvalue weighted by Gasteiger charge is 2.00. The average Bonchev–Trinajstić information content (AvgIpc) is 2.53. The van der Waals surface area contributed by atoms with Crippen LogP contribution in [-0.2, 0) is 0 Å². The van der Waals surface area contributed by atoms with Crippen LogP contribution in [0.15, 0.2) is 18.2 Å². The first-order chi connectivity index (χ1) is 7.26. The molecule has 0 amide bonds. The van der Waals surface area contributed by atoms with Crippen molar-refractivity contribution in [2.24, 2.45) is 0 Å². The summed E-state index contributed by atoms with van der Waals surface area (Å²) in [6, 6.07) is 6.06. The van der Waals surface area contributed by atoms with Gasteiger partial charge < -0.3 is 9.72 Å². The topological polar surface area (TPSA) is 25.0 Å². The maximum atomic E-state index is 5.47. The van der Waals surface area contributed by atoms with Crippen LogP contribution in [-0.4, -0.2) is 11.6 Å². The van der Waals surface area contributed by atoms with E-state index in [2.05, 4.69) is 23.7 Å². The number of aromatic amines is 1. The van der Waals surface area contributed by atoms with E-state index in [1.807, 2.05) is 26.0 Å². The van der Waals surface area contributed by atoms with Crippen molar-refractivity contribution >= 4 is 23.6 Å². The molecule has 0 spiro atoms. The van der Waals surface area contributed by atoms with E-state index >= 15 is 0 Å². The molecular weight excluding hydrogens is 186 g/mol. The third-order valence-electron chi connectivity index (χ3n) is 2.49. The predicted molar refractivity (Wildman–Crippen MR) is 64.4 cm³/mol. The van der Waals surface area contributed by atoms with Gasteiger partial charge in [-0.3, -0.25) is 0 Å². The van der Waals surface area contributed by atoms with Gasteiger partial charge in [0.1, 0.15) is 5.75 Å². The molecule has 0 aliphatic heterocycles. The molecule has 1 heterocycles. The van der Waals surface area contributed by atoms with Gasteiger partial charge in [0, 0.05) is 21.5 Å². The van der Waals surface area contributed by atoms with Crippen molar-refractivity contribution in [3.63, 3.8) is 0 Å². The molecule has 2 aromatic rings. The zero-order valence-corrected chi connectivity index (χ0v) is 9.13. The lowest BCUT2D eigenvalue weighted by Gasteiger charge is -2.01. The first-order valence-electron chi connectivity index (χ1n) is 5.16. The summed E-state index contributed by atoms with van der Waals surface area (Å²) in [7, 11) is 0. The highest BCUT2D eigenvalue weighted by atomic mass is 16.5. The Bertz CT molecular complexity index is 580. The lowest BCUT2D eigenvalue weighted by molar-refractivity contribution is 0.340. The number of H-pyrrole nitrogens is 1. The molecule has 2 nitrogen and oxygen atoms in total. The van der Waals surface area contributed by atoms with Crippen LogP contribution in [0.5, 0.6) is 5.75 Å². The van der Waals surface area contributed by atoms with Crippen LogP contribution in [0, 0.1) is 0 Å². The summed E-state index contributed by atoms with van der Waals surface area (Å²) in [6.07, 6.45) is 2.07. The number of aromatic nitrogens is 1. The van der Waals surface area contributed by atoms with Gasteiger partial charge in [0.2, 0.25) is 0 Å². The summed E-state index contributed by atoms with van der Waals surface area (Å²) in [5.74, 6) is 0.909. The first kappa shape index (κ1) is 9.84. The Labute approximate surface area is 88.9 Å². The van der Waals surface area contributed by atoms with Crippen molar-refractivity contribution in [2.45, 2.75) is 13.8 Å². The van der Waals surface area contributed by atoms with Crippen molar-refractivity contribution in [2.75, 3.05) is 6.61 Å². The minimum atomic E-state index is 0.693. The van der Waals surface area contributed by atoms with E-state index in [4.69, 9.17) is 4.74 Å². The minimum Gasteiger partial charge on any atom is -0.494 e. The van der Waals surface area contributed by atoms with Gasteiger partial charge in [0.05, 0.1) is 6.61 Å². The zero-order chi connectivity index (χ0) is 10.8. The van der Waals surface area contributed by atoms with Gasteiger partial charge in [-0.1, -0.05) is 12.7 Å². The quantitative estimate of drug-likeness (QED) is 0.787. The van der Waals surface area contributed by atoms with Gasteiger partial charge in [-0.2, -0.15) is 0 Å². The molecule has 1 aromatic heterocycles. The Balaban J connectivity index is 2.74. The number of benzene rings is 1. The van der Waals surface area contributed by atoms with E-state index < -0.39 is 0 Å². The van der Waals surface area contributed by atoms with Crippen LogP contribution in [0.3, 0.4) is 0 Å². The van der Waals surface area contributed by atoms with Crippen LogP contribution in [0.2, 0.25) is 0 Å². The smallest absolute Gasteiger partial charge is 0.120 e. The molecule has 2 heteroatoms. The van der Waals surface area contributed by atoms with E-state index in [0.717, 1.165) is 21.8 Å². The van der Waals surface area contributed by atoms with E-state index in [0.29, 0.717) is 6.61 Å². The Morgan fingerprint density at radius 1 is 1.47 bits per heavy atom. The molecule has 0 unspecified atom stereocenters. The predicted octanol–water partition coefficient (Wildman–Crippen LogP) is 1.78. The molecule has 1 aromatic carbocycles. The lowest BCUT2D eigenvalue weighted by Crippen LogP contribution is -2.19. The van der Waals surface area contributed by atoms with Crippen LogP contribution in [0.25, 0.3) is 23.6 Å². The summed E-state index contributed by atoms with van der Waals surface area (Å²) in [5.41, 5.74) is 1.11. The third-order valence-corrected chi connectivity index (χ3v) is 2.49. The van der Waals surface area contributed by atoms with Gasteiger partial charge in [-0.15, -0.1) is 0 Å². The van der Waals surface area contributed by atoms with Crippen molar-refractivity contribution < 1.29 is 4.74 Å². The Morgan fingerprint density at radius 2 is 2.27 bits per heavy atom. The van der Waals surface area contributed by atoms with Gasteiger partial charge in [0.15, 0.2) is 0 Å². The summed E-state index contributed by atoms with van der Waals surface area (Å²) < 4.78 is 5.47. The monoisotopic (exact) mass is 201 g/mol. The summed E-state index contributed by atoms with van der Waals surface area (Å²) >= 11 is 0. The van der Waals surface area contributed by atoms with Crippen molar-refractivity contribution in [1.82, 2.24) is 4.98 Å². The molecule has 78 valence electrons. The largest absolute Gasteiger partial charge is 0.494 e. The fraction of sp³-hybridized carbons (Fsp3) is 0.231. The molecule has 0 saturated heterocycles. The molecule has 0 bridgehead atoms.